The van der Waals surface area contributed by atoms with E-state index in [0.717, 1.165) is 0 Å². The van der Waals surface area contributed by atoms with Gasteiger partial charge in [0.2, 0.25) is 0 Å². The maximum atomic E-state index is 10.4. The van der Waals surface area contributed by atoms with Crippen molar-refractivity contribution in [2.45, 2.75) is 17.5 Å². The molecule has 0 aliphatic heterocycles. The average Bonchev–Trinajstić information content (AvgIpc) is 1.79. The molecule has 0 radical (unpaired) electrons. The number of aliphatic hydroxyl groups excluding tert-OH is 1. The van der Waals surface area contributed by atoms with Gasteiger partial charge in [-0.15, -0.1) is 0 Å². The Morgan fingerprint density at radius 3 is 1.86 bits per heavy atom. The summed E-state index contributed by atoms with van der Waals surface area (Å²) in [5.74, 6) is -1.93. The zero-order chi connectivity index (χ0) is 11.6. The molecule has 0 spiro atoms. The maximum absolute atomic E-state index is 10.4. The highest BCUT2D eigenvalue weighted by molar-refractivity contribution is 7.81. The molecule has 0 aromatic heterocycles. The minimum Gasteiger partial charge on any atom is -0.380 e. The Kier molecular flexibility index (Phi) is 5.32. The highest BCUT2D eigenvalue weighted by Gasteiger charge is 2.30. The normalized spacial score (nSPS) is 17.9. The number of aliphatic hydroxyl groups is 1. The molecule has 2 unspecified atom stereocenters. The lowest BCUT2D eigenvalue weighted by Crippen LogP contribution is -2.17. The molecule has 0 heterocycles. The fourth-order valence-electron chi connectivity index (χ4n) is 0.730. The second-order valence-corrected chi connectivity index (χ2v) is 7.01. The maximum Gasteiger partial charge on any atom is 0.353 e. The van der Waals surface area contributed by atoms with Crippen LogP contribution in [0.5, 0.6) is 0 Å². The molecule has 0 aromatic carbocycles. The third kappa shape index (κ3) is 6.98. The van der Waals surface area contributed by atoms with Gasteiger partial charge in [-0.1, -0.05) is 0 Å². The van der Waals surface area contributed by atoms with Crippen LogP contribution in [0.15, 0.2) is 0 Å². The van der Waals surface area contributed by atoms with Crippen LogP contribution in [0.25, 0.3) is 0 Å². The van der Waals surface area contributed by atoms with Crippen LogP contribution in [0.4, 0.5) is 0 Å². The summed E-state index contributed by atoms with van der Waals surface area (Å²) in [6, 6.07) is 0. The van der Waals surface area contributed by atoms with E-state index in [1.807, 2.05) is 0 Å². The molecule has 0 fully saturated rings. The minimum absolute atomic E-state index is 0.474. The molecule has 0 aromatic rings. The first-order chi connectivity index (χ1) is 6.02. The van der Waals surface area contributed by atoms with Gasteiger partial charge in [0.15, 0.2) is 5.85 Å². The topological polar surface area (TPSA) is 135 Å². The molecule has 0 amide bonds. The van der Waals surface area contributed by atoms with Crippen molar-refractivity contribution in [1.29, 1.82) is 0 Å². The summed E-state index contributed by atoms with van der Waals surface area (Å²) in [5.41, 5.74) is 0. The van der Waals surface area contributed by atoms with Crippen molar-refractivity contribution < 1.29 is 33.8 Å². The third-order valence-electron chi connectivity index (χ3n) is 1.32. The molecule has 10 heteroatoms. The molecular formula is C4H12O7P2S. The molecule has 0 aliphatic carbocycles. The summed E-state index contributed by atoms with van der Waals surface area (Å²) >= 11 is 3.70. The molecule has 5 N–H and O–H groups in total. The molecule has 0 bridgehead atoms. The van der Waals surface area contributed by atoms with Crippen molar-refractivity contribution >= 4 is 27.8 Å². The van der Waals surface area contributed by atoms with Crippen LogP contribution in [0.1, 0.15) is 6.42 Å². The Morgan fingerprint density at radius 1 is 1.14 bits per heavy atom. The molecule has 0 saturated carbocycles. The first kappa shape index (κ1) is 14.6. The van der Waals surface area contributed by atoms with Gasteiger partial charge >= 0.3 is 15.2 Å². The summed E-state index contributed by atoms with van der Waals surface area (Å²) in [6.07, 6.45) is -1.11. The Morgan fingerprint density at radius 2 is 1.57 bits per heavy atom. The third-order valence-corrected chi connectivity index (χ3v) is 3.90. The van der Waals surface area contributed by atoms with E-state index in [4.69, 9.17) is 24.7 Å². The molecule has 7 nitrogen and oxygen atoms in total. The zero-order valence-corrected chi connectivity index (χ0v) is 9.65. The van der Waals surface area contributed by atoms with E-state index in [1.165, 1.54) is 0 Å². The highest BCUT2D eigenvalue weighted by Crippen LogP contribution is 2.44. The lowest BCUT2D eigenvalue weighted by molar-refractivity contribution is 0.194. The zero-order valence-electron chi connectivity index (χ0n) is 6.96. The number of hydrogen-bond acceptors (Lipinski definition) is 4. The summed E-state index contributed by atoms with van der Waals surface area (Å²) < 4.78 is 20.9. The fraction of sp³-hybridized carbons (Fsp3) is 1.00. The van der Waals surface area contributed by atoms with Gasteiger partial charge in [-0.2, -0.15) is 12.6 Å². The van der Waals surface area contributed by atoms with E-state index in [2.05, 4.69) is 12.6 Å². The largest absolute Gasteiger partial charge is 0.380 e. The summed E-state index contributed by atoms with van der Waals surface area (Å²) in [5, 5.41) is 7.93. The Bertz CT molecular complexity index is 269. The van der Waals surface area contributed by atoms with E-state index < -0.39 is 38.9 Å². The molecule has 0 aliphatic rings. The van der Waals surface area contributed by atoms with Gasteiger partial charge in [-0.25, -0.2) is 0 Å². The second-order valence-electron chi connectivity index (χ2n) is 2.81. The molecule has 0 saturated heterocycles. The Labute approximate surface area is 85.9 Å². The van der Waals surface area contributed by atoms with Crippen LogP contribution in [0, 0.1) is 0 Å². The van der Waals surface area contributed by atoms with Crippen LogP contribution in [0.3, 0.4) is 0 Å². The molecule has 86 valence electrons. The smallest absolute Gasteiger partial charge is 0.353 e. The van der Waals surface area contributed by atoms with Gasteiger partial charge in [0, 0.05) is 5.25 Å². The average molecular weight is 266 g/mol. The molecule has 14 heavy (non-hydrogen) atoms. The first-order valence-corrected chi connectivity index (χ1v) is 7.48. The first-order valence-electron chi connectivity index (χ1n) is 3.48. The van der Waals surface area contributed by atoms with Crippen molar-refractivity contribution in [1.82, 2.24) is 0 Å². The number of hydrogen-bond donors (Lipinski definition) is 6. The van der Waals surface area contributed by atoms with E-state index in [-0.39, 0.29) is 0 Å². The lowest BCUT2D eigenvalue weighted by Gasteiger charge is -2.16. The van der Waals surface area contributed by atoms with E-state index in [9.17, 15) is 9.13 Å². The van der Waals surface area contributed by atoms with Gasteiger partial charge in [0.05, 0.1) is 6.16 Å². The highest BCUT2D eigenvalue weighted by atomic mass is 32.1. The van der Waals surface area contributed by atoms with Gasteiger partial charge < -0.3 is 24.7 Å². The van der Waals surface area contributed by atoms with Crippen LogP contribution >= 0.6 is 27.8 Å². The second kappa shape index (κ2) is 5.09. The fourth-order valence-corrected chi connectivity index (χ4v) is 2.96. The predicted octanol–water partition coefficient (Wildman–Crippen LogP) is -0.651. The summed E-state index contributed by atoms with van der Waals surface area (Å²) in [7, 11) is -8.89. The summed E-state index contributed by atoms with van der Waals surface area (Å²) in [4.78, 5) is 33.9. The molecule has 2 atom stereocenters. The van der Waals surface area contributed by atoms with Crippen molar-refractivity contribution in [3.8, 4) is 0 Å². The van der Waals surface area contributed by atoms with Crippen LogP contribution < -0.4 is 0 Å². The van der Waals surface area contributed by atoms with Crippen molar-refractivity contribution in [2.75, 3.05) is 6.16 Å². The van der Waals surface area contributed by atoms with Gasteiger partial charge in [-0.05, 0) is 6.42 Å². The Hall–Kier alpha value is 0.610. The van der Waals surface area contributed by atoms with Crippen molar-refractivity contribution in [3.63, 3.8) is 0 Å². The monoisotopic (exact) mass is 266 g/mol. The van der Waals surface area contributed by atoms with Gasteiger partial charge in [0.1, 0.15) is 0 Å². The summed E-state index contributed by atoms with van der Waals surface area (Å²) in [6.45, 7) is 0. The van der Waals surface area contributed by atoms with Crippen LogP contribution in [-0.4, -0.2) is 41.9 Å². The number of thiol groups is 1. The Balaban J connectivity index is 4.15. The van der Waals surface area contributed by atoms with E-state index in [0.29, 0.717) is 0 Å². The predicted molar refractivity (Wildman–Crippen MR) is 52.4 cm³/mol. The van der Waals surface area contributed by atoms with Gasteiger partial charge in [0.25, 0.3) is 0 Å². The van der Waals surface area contributed by atoms with E-state index in [1.54, 1.807) is 0 Å². The van der Waals surface area contributed by atoms with Crippen LogP contribution in [-0.2, 0) is 9.13 Å². The number of rotatable bonds is 5. The molecule has 0 rings (SSSR count). The van der Waals surface area contributed by atoms with Gasteiger partial charge in [-0.3, -0.25) is 9.13 Å². The molecular weight excluding hydrogens is 254 g/mol. The quantitative estimate of drug-likeness (QED) is 0.287. The standard InChI is InChI=1S/C4H12O7P2S/c5-4(13(9,10)11)1-3(14)2-12(6,7)8/h3-5,14H,1-2H2,(H2,6,7,8)(H2,9,10,11). The van der Waals surface area contributed by atoms with E-state index >= 15 is 0 Å². The SMILES string of the molecule is O=P(O)(O)CC(S)CC(O)P(=O)(O)O. The lowest BCUT2D eigenvalue weighted by atomic mass is 10.3. The van der Waals surface area contributed by atoms with Crippen molar-refractivity contribution in [3.05, 3.63) is 0 Å². The van der Waals surface area contributed by atoms with Crippen LogP contribution in [0.2, 0.25) is 0 Å². The van der Waals surface area contributed by atoms with Crippen molar-refractivity contribution in [2.24, 2.45) is 0 Å². The minimum atomic E-state index is -4.62.